The number of hydrogen-bond acceptors (Lipinski definition) is 4. The number of esters is 1. The average molecular weight is 207 g/mol. The highest BCUT2D eigenvalue weighted by Crippen LogP contribution is 2.11. The molecule has 4 nitrogen and oxygen atoms in total. The van der Waals surface area contributed by atoms with Gasteiger partial charge in [-0.25, -0.2) is 0 Å². The predicted molar refractivity (Wildman–Crippen MR) is 52.8 cm³/mol. The first-order chi connectivity index (χ1) is 7.27. The van der Waals surface area contributed by atoms with Crippen LogP contribution < -0.4 is 0 Å². The third-order valence-corrected chi connectivity index (χ3v) is 2.14. The summed E-state index contributed by atoms with van der Waals surface area (Å²) in [6.07, 6.45) is 3.59. The molecule has 0 N–H and O–H groups in total. The van der Waals surface area contributed by atoms with E-state index in [1.807, 2.05) is 18.2 Å². The molecule has 1 unspecified atom stereocenters. The lowest BCUT2D eigenvalue weighted by Crippen LogP contribution is -2.14. The first-order valence-corrected chi connectivity index (χ1v) is 4.77. The number of furan rings is 1. The minimum absolute atomic E-state index is 0.461. The van der Waals surface area contributed by atoms with Gasteiger partial charge in [0.05, 0.1) is 19.4 Å². The van der Waals surface area contributed by atoms with Gasteiger partial charge in [-0.05, 0) is 25.0 Å². The summed E-state index contributed by atoms with van der Waals surface area (Å²) in [5, 5.41) is 8.71. The number of ether oxygens (including phenoxy) is 1. The fraction of sp³-hybridized carbons (Fsp3) is 0.455. The minimum atomic E-state index is -0.662. The molecule has 0 aliphatic heterocycles. The van der Waals surface area contributed by atoms with Crippen molar-refractivity contribution in [2.24, 2.45) is 5.92 Å². The molecule has 0 aliphatic carbocycles. The second-order valence-electron chi connectivity index (χ2n) is 3.18. The standard InChI is InChI=1S/C11H13NO3/c1-14-11(13)9(8-12)4-2-5-10-6-3-7-15-10/h3,6-7,9H,2,4-5H2,1H3. The average Bonchev–Trinajstić information content (AvgIpc) is 2.76. The van der Waals surface area contributed by atoms with Crippen molar-refractivity contribution in [3.8, 4) is 6.07 Å². The molecule has 0 radical (unpaired) electrons. The highest BCUT2D eigenvalue weighted by Gasteiger charge is 2.17. The summed E-state index contributed by atoms with van der Waals surface area (Å²) in [6, 6.07) is 5.62. The Balaban J connectivity index is 2.30. The molecular weight excluding hydrogens is 194 g/mol. The SMILES string of the molecule is COC(=O)C(C#N)CCCc1ccco1. The molecule has 0 amide bonds. The lowest BCUT2D eigenvalue weighted by Gasteiger charge is -2.05. The Labute approximate surface area is 88.4 Å². The molecule has 0 fully saturated rings. The lowest BCUT2D eigenvalue weighted by molar-refractivity contribution is -0.143. The largest absolute Gasteiger partial charge is 0.469 e. The highest BCUT2D eigenvalue weighted by atomic mass is 16.5. The van der Waals surface area contributed by atoms with Gasteiger partial charge in [0.15, 0.2) is 0 Å². The summed E-state index contributed by atoms with van der Waals surface area (Å²) >= 11 is 0. The van der Waals surface area contributed by atoms with E-state index in [9.17, 15) is 4.79 Å². The fourth-order valence-corrected chi connectivity index (χ4v) is 1.31. The van der Waals surface area contributed by atoms with Gasteiger partial charge >= 0.3 is 5.97 Å². The van der Waals surface area contributed by atoms with Crippen molar-refractivity contribution in [2.45, 2.75) is 19.3 Å². The van der Waals surface area contributed by atoms with Gasteiger partial charge in [0.1, 0.15) is 11.7 Å². The summed E-state index contributed by atoms with van der Waals surface area (Å²) in [6.45, 7) is 0. The van der Waals surface area contributed by atoms with Gasteiger partial charge in [-0.2, -0.15) is 5.26 Å². The summed E-state index contributed by atoms with van der Waals surface area (Å²) in [5.74, 6) is -0.251. The van der Waals surface area contributed by atoms with E-state index in [0.717, 1.165) is 18.6 Å². The van der Waals surface area contributed by atoms with Crippen LogP contribution in [0.5, 0.6) is 0 Å². The Hall–Kier alpha value is -1.76. The first-order valence-electron chi connectivity index (χ1n) is 4.77. The van der Waals surface area contributed by atoms with Crippen molar-refractivity contribution in [2.75, 3.05) is 7.11 Å². The Bertz CT molecular complexity index is 337. The number of aryl methyl sites for hydroxylation is 1. The number of nitrogens with zero attached hydrogens (tertiary/aromatic N) is 1. The van der Waals surface area contributed by atoms with Crippen LogP contribution in [0, 0.1) is 17.2 Å². The second kappa shape index (κ2) is 5.86. The fourth-order valence-electron chi connectivity index (χ4n) is 1.31. The van der Waals surface area contributed by atoms with Gasteiger partial charge in [0.25, 0.3) is 0 Å². The van der Waals surface area contributed by atoms with Crippen molar-refractivity contribution < 1.29 is 13.9 Å². The van der Waals surface area contributed by atoms with Crippen molar-refractivity contribution in [3.63, 3.8) is 0 Å². The molecule has 4 heteroatoms. The second-order valence-corrected chi connectivity index (χ2v) is 3.18. The third-order valence-electron chi connectivity index (χ3n) is 2.14. The zero-order valence-electron chi connectivity index (χ0n) is 8.60. The molecule has 15 heavy (non-hydrogen) atoms. The number of carbonyl (C=O) groups excluding carboxylic acids is 1. The molecule has 1 rings (SSSR count). The summed E-state index contributed by atoms with van der Waals surface area (Å²) < 4.78 is 9.64. The molecule has 0 bridgehead atoms. The zero-order chi connectivity index (χ0) is 11.1. The van der Waals surface area contributed by atoms with E-state index in [0.29, 0.717) is 6.42 Å². The van der Waals surface area contributed by atoms with Crippen LogP contribution in [-0.4, -0.2) is 13.1 Å². The molecule has 80 valence electrons. The van der Waals surface area contributed by atoms with Gasteiger partial charge in [0, 0.05) is 6.42 Å². The highest BCUT2D eigenvalue weighted by molar-refractivity contribution is 5.74. The van der Waals surface area contributed by atoms with E-state index in [2.05, 4.69) is 4.74 Å². The maximum Gasteiger partial charge on any atom is 0.323 e. The molecule has 0 saturated carbocycles. The summed E-state index contributed by atoms with van der Waals surface area (Å²) in [4.78, 5) is 11.1. The lowest BCUT2D eigenvalue weighted by atomic mass is 10.0. The van der Waals surface area contributed by atoms with Crippen LogP contribution in [0.25, 0.3) is 0 Å². The summed E-state index contributed by atoms with van der Waals surface area (Å²) in [5.41, 5.74) is 0. The van der Waals surface area contributed by atoms with Crippen LogP contribution in [0.1, 0.15) is 18.6 Å². The van der Waals surface area contributed by atoms with Crippen molar-refractivity contribution >= 4 is 5.97 Å². The normalized spacial score (nSPS) is 11.7. The van der Waals surface area contributed by atoms with Gasteiger partial charge in [0.2, 0.25) is 0 Å². The molecule has 0 spiro atoms. The molecule has 0 saturated heterocycles. The van der Waals surface area contributed by atoms with Crippen molar-refractivity contribution in [1.29, 1.82) is 5.26 Å². The van der Waals surface area contributed by atoms with Crippen LogP contribution in [0.2, 0.25) is 0 Å². The van der Waals surface area contributed by atoms with E-state index in [1.165, 1.54) is 7.11 Å². The zero-order valence-corrected chi connectivity index (χ0v) is 8.60. The van der Waals surface area contributed by atoms with E-state index in [1.54, 1.807) is 6.26 Å². The molecule has 1 aromatic heterocycles. The minimum Gasteiger partial charge on any atom is -0.469 e. The molecule has 1 aromatic rings. The molecule has 0 aliphatic rings. The Morgan fingerprint density at radius 3 is 3.07 bits per heavy atom. The molecular formula is C11H13NO3. The van der Waals surface area contributed by atoms with Crippen molar-refractivity contribution in [3.05, 3.63) is 24.2 Å². The van der Waals surface area contributed by atoms with E-state index in [-0.39, 0.29) is 0 Å². The van der Waals surface area contributed by atoms with E-state index in [4.69, 9.17) is 9.68 Å². The number of carbonyl (C=O) groups is 1. The summed E-state index contributed by atoms with van der Waals surface area (Å²) in [7, 11) is 1.29. The van der Waals surface area contributed by atoms with Gasteiger partial charge < -0.3 is 9.15 Å². The van der Waals surface area contributed by atoms with E-state index >= 15 is 0 Å². The van der Waals surface area contributed by atoms with Gasteiger partial charge in [-0.15, -0.1) is 0 Å². The van der Waals surface area contributed by atoms with Crippen LogP contribution >= 0.6 is 0 Å². The van der Waals surface area contributed by atoms with Crippen LogP contribution in [0.4, 0.5) is 0 Å². The first kappa shape index (κ1) is 11.3. The molecule has 1 heterocycles. The maximum atomic E-state index is 11.1. The monoisotopic (exact) mass is 207 g/mol. The Kier molecular flexibility index (Phi) is 4.42. The van der Waals surface area contributed by atoms with Crippen LogP contribution in [-0.2, 0) is 16.0 Å². The van der Waals surface area contributed by atoms with Crippen LogP contribution in [0.3, 0.4) is 0 Å². The predicted octanol–water partition coefficient (Wildman–Crippen LogP) is 1.92. The molecule has 1 atom stereocenters. The third kappa shape index (κ3) is 3.47. The van der Waals surface area contributed by atoms with Gasteiger partial charge in [-0.3, -0.25) is 4.79 Å². The number of hydrogen-bond donors (Lipinski definition) is 0. The quantitative estimate of drug-likeness (QED) is 0.692. The van der Waals surface area contributed by atoms with E-state index < -0.39 is 11.9 Å². The van der Waals surface area contributed by atoms with Gasteiger partial charge in [-0.1, -0.05) is 0 Å². The number of nitriles is 1. The molecule has 0 aromatic carbocycles. The van der Waals surface area contributed by atoms with Crippen LogP contribution in [0.15, 0.2) is 22.8 Å². The van der Waals surface area contributed by atoms with Crippen molar-refractivity contribution in [1.82, 2.24) is 0 Å². The number of rotatable bonds is 5. The number of methoxy groups -OCH3 is 1. The maximum absolute atomic E-state index is 11.1. The smallest absolute Gasteiger partial charge is 0.323 e. The Morgan fingerprint density at radius 1 is 1.73 bits per heavy atom. The topological polar surface area (TPSA) is 63.2 Å². The Morgan fingerprint density at radius 2 is 2.53 bits per heavy atom.